The van der Waals surface area contributed by atoms with Crippen LogP contribution in [0.2, 0.25) is 0 Å². The van der Waals surface area contributed by atoms with E-state index in [0.29, 0.717) is 37.8 Å². The Morgan fingerprint density at radius 2 is 1.97 bits per heavy atom. The van der Waals surface area contributed by atoms with Gasteiger partial charge in [0.05, 0.1) is 31.6 Å². The Balaban J connectivity index is 1.25. The Bertz CT molecular complexity index is 1350. The number of nitrogens with one attached hydrogen (secondary N) is 1. The number of carbonyl (C=O) groups excluding carboxylic acids is 1. The fourth-order valence-electron chi connectivity index (χ4n) is 5.23. The summed E-state index contributed by atoms with van der Waals surface area (Å²) in [4.78, 5) is 40.7. The average molecular weight is 536 g/mol. The van der Waals surface area contributed by atoms with Gasteiger partial charge in [-0.05, 0) is 18.6 Å². The first kappa shape index (κ1) is 27.0. The Morgan fingerprint density at radius 3 is 2.77 bits per heavy atom. The molecular formula is C27H37N9O3. The smallest absolute Gasteiger partial charge is 0.252 e. The van der Waals surface area contributed by atoms with Gasteiger partial charge in [-0.3, -0.25) is 28.6 Å². The normalized spacial score (nSPS) is 18.9. The van der Waals surface area contributed by atoms with Gasteiger partial charge in [-0.1, -0.05) is 13.5 Å². The van der Waals surface area contributed by atoms with E-state index >= 15 is 0 Å². The van der Waals surface area contributed by atoms with Crippen molar-refractivity contribution in [2.75, 3.05) is 64.3 Å². The van der Waals surface area contributed by atoms with Gasteiger partial charge in [0.25, 0.3) is 5.56 Å². The second-order valence-corrected chi connectivity index (χ2v) is 9.95. The maximum Gasteiger partial charge on any atom is 0.252 e. The van der Waals surface area contributed by atoms with E-state index in [1.165, 1.54) is 6.08 Å². The Hall–Kier alpha value is -3.61. The molecule has 208 valence electrons. The highest BCUT2D eigenvalue weighted by Crippen LogP contribution is 2.17. The van der Waals surface area contributed by atoms with Crippen LogP contribution in [0.25, 0.3) is 11.0 Å². The van der Waals surface area contributed by atoms with Gasteiger partial charge in [-0.15, -0.1) is 0 Å². The maximum atomic E-state index is 12.9. The third-order valence-corrected chi connectivity index (χ3v) is 7.53. The molecular weight excluding hydrogens is 498 g/mol. The molecule has 3 aromatic heterocycles. The zero-order chi connectivity index (χ0) is 27.2. The molecule has 0 aromatic carbocycles. The summed E-state index contributed by atoms with van der Waals surface area (Å²) in [6.45, 7) is 14.2. The van der Waals surface area contributed by atoms with E-state index in [1.807, 2.05) is 15.8 Å². The lowest BCUT2D eigenvalue weighted by Gasteiger charge is -2.41. The van der Waals surface area contributed by atoms with Gasteiger partial charge in [0.1, 0.15) is 5.65 Å². The van der Waals surface area contributed by atoms with E-state index in [0.717, 1.165) is 63.4 Å². The molecule has 2 aliphatic heterocycles. The minimum absolute atomic E-state index is 0.0299. The van der Waals surface area contributed by atoms with Crippen molar-refractivity contribution in [1.29, 1.82) is 0 Å². The van der Waals surface area contributed by atoms with Crippen LogP contribution in [0.15, 0.2) is 48.2 Å². The third kappa shape index (κ3) is 6.52. The zero-order valence-corrected chi connectivity index (χ0v) is 22.5. The number of hydrogen-bond acceptors (Lipinski definition) is 9. The van der Waals surface area contributed by atoms with Gasteiger partial charge < -0.3 is 15.0 Å². The monoisotopic (exact) mass is 535 g/mol. The number of hydrogen-bond donors (Lipinski definition) is 1. The van der Waals surface area contributed by atoms with Crippen LogP contribution in [0.3, 0.4) is 0 Å². The molecule has 1 amide bonds. The highest BCUT2D eigenvalue weighted by atomic mass is 16.5. The molecule has 5 rings (SSSR count). The van der Waals surface area contributed by atoms with E-state index in [9.17, 15) is 9.59 Å². The zero-order valence-electron chi connectivity index (χ0n) is 22.5. The molecule has 2 fully saturated rings. The molecule has 0 aliphatic carbocycles. The largest absolute Gasteiger partial charge is 0.379 e. The molecule has 1 atom stereocenters. The highest BCUT2D eigenvalue weighted by Gasteiger charge is 2.27. The number of carbonyl (C=O) groups is 1. The number of aromatic nitrogens is 5. The number of amides is 1. The first-order chi connectivity index (χ1) is 19.0. The van der Waals surface area contributed by atoms with Crippen LogP contribution in [0, 0.1) is 0 Å². The molecule has 0 unspecified atom stereocenters. The van der Waals surface area contributed by atoms with Gasteiger partial charge in [0, 0.05) is 82.2 Å². The molecule has 0 bridgehead atoms. The lowest BCUT2D eigenvalue weighted by molar-refractivity contribution is -0.129. The van der Waals surface area contributed by atoms with Gasteiger partial charge in [-0.2, -0.15) is 10.1 Å². The van der Waals surface area contributed by atoms with Gasteiger partial charge in [-0.25, -0.2) is 4.98 Å². The Labute approximate surface area is 227 Å². The van der Waals surface area contributed by atoms with Gasteiger partial charge in [0.15, 0.2) is 0 Å². The first-order valence-corrected chi connectivity index (χ1v) is 13.7. The number of morpholine rings is 1. The van der Waals surface area contributed by atoms with Crippen molar-refractivity contribution in [3.63, 3.8) is 0 Å². The minimum atomic E-state index is -0.100. The van der Waals surface area contributed by atoms with Crippen LogP contribution in [0.5, 0.6) is 0 Å². The number of fused-ring (bicyclic) bond motifs is 1. The van der Waals surface area contributed by atoms with Gasteiger partial charge >= 0.3 is 0 Å². The summed E-state index contributed by atoms with van der Waals surface area (Å²) in [5, 5.41) is 8.49. The van der Waals surface area contributed by atoms with E-state index in [2.05, 4.69) is 38.7 Å². The quantitative estimate of drug-likeness (QED) is 0.382. The summed E-state index contributed by atoms with van der Waals surface area (Å²) in [6, 6.07) is 3.56. The Morgan fingerprint density at radius 1 is 1.13 bits per heavy atom. The number of nitrogens with zero attached hydrogens (tertiary/aromatic N) is 8. The van der Waals surface area contributed by atoms with E-state index < -0.39 is 0 Å². The first-order valence-electron chi connectivity index (χ1n) is 13.7. The summed E-state index contributed by atoms with van der Waals surface area (Å²) in [5.74, 6) is 0.385. The van der Waals surface area contributed by atoms with E-state index in [-0.39, 0.29) is 17.5 Å². The molecule has 12 nitrogen and oxygen atoms in total. The van der Waals surface area contributed by atoms with Crippen LogP contribution >= 0.6 is 0 Å². The third-order valence-electron chi connectivity index (χ3n) is 7.53. The molecule has 0 radical (unpaired) electrons. The molecule has 2 saturated heterocycles. The van der Waals surface area contributed by atoms with Crippen LogP contribution in [-0.4, -0.2) is 110 Å². The summed E-state index contributed by atoms with van der Waals surface area (Å²) in [6.07, 6.45) is 7.72. The van der Waals surface area contributed by atoms with Crippen molar-refractivity contribution in [3.05, 3.63) is 53.7 Å². The molecule has 39 heavy (non-hydrogen) atoms. The molecule has 0 spiro atoms. The van der Waals surface area contributed by atoms with Crippen LogP contribution in [0.1, 0.15) is 13.3 Å². The maximum absolute atomic E-state index is 12.9. The number of piperazine rings is 1. The summed E-state index contributed by atoms with van der Waals surface area (Å²) in [7, 11) is 0. The molecule has 12 heteroatoms. The molecule has 2 aliphatic rings. The van der Waals surface area contributed by atoms with Crippen molar-refractivity contribution >= 4 is 28.6 Å². The average Bonchev–Trinajstić information content (AvgIpc) is 3.42. The fraction of sp³-hybridized carbons (Fsp3) is 0.519. The topological polar surface area (TPSA) is 114 Å². The van der Waals surface area contributed by atoms with Crippen molar-refractivity contribution < 1.29 is 9.53 Å². The molecule has 1 N–H and O–H groups in total. The summed E-state index contributed by atoms with van der Waals surface area (Å²) >= 11 is 0. The summed E-state index contributed by atoms with van der Waals surface area (Å²) < 4.78 is 9.03. The molecule has 3 aromatic rings. The van der Waals surface area contributed by atoms with Crippen molar-refractivity contribution in [2.45, 2.75) is 32.5 Å². The number of rotatable bonds is 10. The van der Waals surface area contributed by atoms with Crippen LogP contribution in [-0.2, 0) is 22.6 Å². The lowest BCUT2D eigenvalue weighted by Crippen LogP contribution is -2.55. The number of pyridine rings is 1. The van der Waals surface area contributed by atoms with E-state index in [4.69, 9.17) is 9.72 Å². The second kappa shape index (κ2) is 12.5. The van der Waals surface area contributed by atoms with Crippen LogP contribution in [0.4, 0.5) is 11.6 Å². The summed E-state index contributed by atoms with van der Waals surface area (Å²) in [5.41, 5.74) is 1.28. The van der Waals surface area contributed by atoms with Crippen LogP contribution < -0.4 is 10.9 Å². The lowest BCUT2D eigenvalue weighted by atomic mass is 10.1. The second-order valence-electron chi connectivity index (χ2n) is 9.95. The Kier molecular flexibility index (Phi) is 8.64. The molecule has 0 saturated carbocycles. The van der Waals surface area contributed by atoms with Crippen molar-refractivity contribution in [3.8, 4) is 0 Å². The standard InChI is InChI=1S/C27H37N9O3/c1-3-23-20-34(24(37)4-2)9-8-33(23)10-12-36-25(38)6-5-21-17-28-27(31-26(21)36)30-22-18-29-35(19-22)11-7-32-13-15-39-16-14-32/h4-6,17-19,23H,2-3,7-16,20H2,1H3,(H,28,30,31)/t23-/m0/s1. The van der Waals surface area contributed by atoms with Gasteiger partial charge in [0.2, 0.25) is 11.9 Å². The predicted molar refractivity (Wildman–Crippen MR) is 149 cm³/mol. The number of ether oxygens (including phenoxy) is 1. The van der Waals surface area contributed by atoms with Crippen molar-refractivity contribution in [1.82, 2.24) is 39.0 Å². The fourth-order valence-corrected chi connectivity index (χ4v) is 5.23. The van der Waals surface area contributed by atoms with E-state index in [1.54, 1.807) is 29.1 Å². The SMILES string of the molecule is C=CC(=O)N1CCN(CCn2c(=O)ccc3cnc(Nc4cnn(CCN5CCOCC5)c4)nc32)[C@@H](CC)C1. The predicted octanol–water partition coefficient (Wildman–Crippen LogP) is 1.17. The molecule has 5 heterocycles. The highest BCUT2D eigenvalue weighted by molar-refractivity contribution is 5.87. The van der Waals surface area contributed by atoms with Crippen molar-refractivity contribution in [2.24, 2.45) is 0 Å². The minimum Gasteiger partial charge on any atom is -0.379 e. The number of anilines is 2.